The van der Waals surface area contributed by atoms with E-state index in [9.17, 15) is 14.4 Å². The molecular formula is C18H24N4O4S. The quantitative estimate of drug-likeness (QED) is 0.486. The smallest absolute Gasteiger partial charge is 0.321 e. The summed E-state index contributed by atoms with van der Waals surface area (Å²) in [5.41, 5.74) is 0.317. The molecule has 0 bridgehead atoms. The first-order valence-corrected chi connectivity index (χ1v) is 9.60. The fourth-order valence-corrected chi connectivity index (χ4v) is 3.32. The highest BCUT2D eigenvalue weighted by atomic mass is 32.2. The number of nitrogens with one attached hydrogen (secondary N) is 2. The molecule has 2 rings (SSSR count). The number of carbonyl (C=O) groups is 2. The van der Waals surface area contributed by atoms with E-state index in [1.165, 1.54) is 4.57 Å². The second kappa shape index (κ2) is 9.52. The monoisotopic (exact) mass is 392 g/mol. The van der Waals surface area contributed by atoms with Gasteiger partial charge in [0.15, 0.2) is 5.16 Å². The Morgan fingerprint density at radius 1 is 1.26 bits per heavy atom. The van der Waals surface area contributed by atoms with Crippen LogP contribution < -0.4 is 16.2 Å². The Bertz CT molecular complexity index is 881. The van der Waals surface area contributed by atoms with Crippen LogP contribution in [-0.4, -0.2) is 44.5 Å². The largest absolute Gasteiger partial charge is 0.396 e. The van der Waals surface area contributed by atoms with Gasteiger partial charge in [-0.3, -0.25) is 19.5 Å². The number of aliphatic hydroxyl groups excluding tert-OH is 1. The number of amides is 3. The SMILES string of the molecule is CC(C)NC(=O)NC(=O)[C@H](C)Sc1nc2ccccc2c(=O)n1CCCO. The van der Waals surface area contributed by atoms with Crippen LogP contribution in [0.25, 0.3) is 10.9 Å². The van der Waals surface area contributed by atoms with Gasteiger partial charge in [-0.15, -0.1) is 0 Å². The Labute approximate surface area is 161 Å². The van der Waals surface area contributed by atoms with Crippen molar-refractivity contribution in [2.24, 2.45) is 0 Å². The normalized spacial score (nSPS) is 12.2. The van der Waals surface area contributed by atoms with Crippen LogP contribution in [0.5, 0.6) is 0 Å². The average Bonchev–Trinajstić information content (AvgIpc) is 2.60. The summed E-state index contributed by atoms with van der Waals surface area (Å²) in [4.78, 5) is 41.2. The number of nitrogens with zero attached hydrogens (tertiary/aromatic N) is 2. The van der Waals surface area contributed by atoms with Crippen molar-refractivity contribution in [2.45, 2.75) is 50.2 Å². The van der Waals surface area contributed by atoms with Gasteiger partial charge in [0.2, 0.25) is 5.91 Å². The summed E-state index contributed by atoms with van der Waals surface area (Å²) in [6.45, 7) is 5.45. The summed E-state index contributed by atoms with van der Waals surface area (Å²) in [6, 6.07) is 6.32. The van der Waals surface area contributed by atoms with Crippen LogP contribution in [-0.2, 0) is 11.3 Å². The van der Waals surface area contributed by atoms with Crippen molar-refractivity contribution in [3.8, 4) is 0 Å². The fraction of sp³-hybridized carbons (Fsp3) is 0.444. The van der Waals surface area contributed by atoms with Crippen molar-refractivity contribution >= 4 is 34.6 Å². The second-order valence-corrected chi connectivity index (χ2v) is 7.63. The number of carbonyl (C=O) groups excluding carboxylic acids is 2. The average molecular weight is 392 g/mol. The van der Waals surface area contributed by atoms with Crippen LogP contribution in [0.3, 0.4) is 0 Å². The molecule has 1 aromatic heterocycles. The topological polar surface area (TPSA) is 113 Å². The number of benzene rings is 1. The number of hydrogen-bond donors (Lipinski definition) is 3. The Morgan fingerprint density at radius 2 is 1.96 bits per heavy atom. The van der Waals surface area contributed by atoms with E-state index in [4.69, 9.17) is 5.11 Å². The molecule has 1 atom stereocenters. The number of imide groups is 1. The summed E-state index contributed by atoms with van der Waals surface area (Å²) in [5.74, 6) is -0.478. The van der Waals surface area contributed by atoms with Crippen molar-refractivity contribution in [3.63, 3.8) is 0 Å². The van der Waals surface area contributed by atoms with Crippen LogP contribution >= 0.6 is 11.8 Å². The third kappa shape index (κ3) is 5.54. The highest BCUT2D eigenvalue weighted by Gasteiger charge is 2.21. The number of hydrogen-bond acceptors (Lipinski definition) is 6. The molecule has 0 fully saturated rings. The van der Waals surface area contributed by atoms with Gasteiger partial charge >= 0.3 is 6.03 Å². The molecule has 0 aliphatic carbocycles. The van der Waals surface area contributed by atoms with Crippen LogP contribution in [0, 0.1) is 0 Å². The van der Waals surface area contributed by atoms with Gasteiger partial charge in [0.1, 0.15) is 0 Å². The van der Waals surface area contributed by atoms with Crippen LogP contribution in [0.4, 0.5) is 4.79 Å². The first-order valence-electron chi connectivity index (χ1n) is 8.72. The number of fused-ring (bicyclic) bond motifs is 1. The standard InChI is InChI=1S/C18H24N4O4S/c1-11(2)19-17(26)21-15(24)12(3)27-18-20-14-8-5-4-7-13(14)16(25)22(18)9-6-10-23/h4-5,7-8,11-12,23H,6,9-10H2,1-3H3,(H2,19,21,24,26)/t12-/m0/s1. The maximum Gasteiger partial charge on any atom is 0.321 e. The lowest BCUT2D eigenvalue weighted by molar-refractivity contribution is -0.119. The molecule has 9 heteroatoms. The molecule has 0 aliphatic heterocycles. The molecule has 8 nitrogen and oxygen atoms in total. The third-order valence-electron chi connectivity index (χ3n) is 3.67. The van der Waals surface area contributed by atoms with E-state index < -0.39 is 17.2 Å². The molecule has 0 radical (unpaired) electrons. The molecule has 0 spiro atoms. The van der Waals surface area contributed by atoms with E-state index in [-0.39, 0.29) is 24.8 Å². The second-order valence-electron chi connectivity index (χ2n) is 6.32. The highest BCUT2D eigenvalue weighted by molar-refractivity contribution is 8.00. The molecule has 1 aromatic carbocycles. The first-order chi connectivity index (χ1) is 12.8. The van der Waals surface area contributed by atoms with Gasteiger partial charge in [0, 0.05) is 19.2 Å². The molecule has 3 N–H and O–H groups in total. The van der Waals surface area contributed by atoms with Crippen LogP contribution in [0.1, 0.15) is 27.2 Å². The van der Waals surface area contributed by atoms with E-state index in [1.54, 1.807) is 45.0 Å². The summed E-state index contributed by atoms with van der Waals surface area (Å²) in [7, 11) is 0. The Balaban J connectivity index is 2.26. The van der Waals surface area contributed by atoms with E-state index in [2.05, 4.69) is 15.6 Å². The van der Waals surface area contributed by atoms with Gasteiger partial charge in [-0.2, -0.15) is 0 Å². The molecule has 0 saturated carbocycles. The van der Waals surface area contributed by atoms with Crippen molar-refractivity contribution in [1.29, 1.82) is 0 Å². The molecule has 1 heterocycles. The van der Waals surface area contributed by atoms with Crippen molar-refractivity contribution in [2.75, 3.05) is 6.61 Å². The minimum absolute atomic E-state index is 0.0607. The maximum atomic E-state index is 12.8. The predicted octanol–water partition coefficient (Wildman–Crippen LogP) is 1.49. The van der Waals surface area contributed by atoms with Gasteiger partial charge < -0.3 is 10.4 Å². The molecular weight excluding hydrogens is 368 g/mol. The number of aromatic nitrogens is 2. The molecule has 0 saturated heterocycles. The minimum atomic E-state index is -0.642. The number of aliphatic hydroxyl groups is 1. The Morgan fingerprint density at radius 3 is 2.63 bits per heavy atom. The lowest BCUT2D eigenvalue weighted by Gasteiger charge is -2.16. The summed E-state index contributed by atoms with van der Waals surface area (Å²) < 4.78 is 1.46. The summed E-state index contributed by atoms with van der Waals surface area (Å²) in [6.07, 6.45) is 0.394. The summed E-state index contributed by atoms with van der Waals surface area (Å²) in [5, 5.41) is 14.2. The third-order valence-corrected chi connectivity index (χ3v) is 4.76. The van der Waals surface area contributed by atoms with Crippen molar-refractivity contribution < 1.29 is 14.7 Å². The van der Waals surface area contributed by atoms with Gasteiger partial charge in [-0.1, -0.05) is 23.9 Å². The van der Waals surface area contributed by atoms with Crippen molar-refractivity contribution in [3.05, 3.63) is 34.6 Å². The number of para-hydroxylation sites is 1. The lowest BCUT2D eigenvalue weighted by Crippen LogP contribution is -2.45. The molecule has 27 heavy (non-hydrogen) atoms. The first kappa shape index (κ1) is 20.9. The van der Waals surface area contributed by atoms with Crippen LogP contribution in [0.2, 0.25) is 0 Å². The zero-order valence-corrected chi connectivity index (χ0v) is 16.4. The van der Waals surface area contributed by atoms with Gasteiger partial charge in [0.25, 0.3) is 5.56 Å². The van der Waals surface area contributed by atoms with Crippen LogP contribution in [0.15, 0.2) is 34.2 Å². The summed E-state index contributed by atoms with van der Waals surface area (Å²) >= 11 is 1.10. The minimum Gasteiger partial charge on any atom is -0.396 e. The number of rotatable bonds is 7. The van der Waals surface area contributed by atoms with Gasteiger partial charge in [-0.05, 0) is 39.3 Å². The van der Waals surface area contributed by atoms with E-state index >= 15 is 0 Å². The van der Waals surface area contributed by atoms with E-state index in [0.29, 0.717) is 22.5 Å². The molecule has 146 valence electrons. The van der Waals surface area contributed by atoms with E-state index in [1.807, 2.05) is 0 Å². The Hall–Kier alpha value is -2.39. The number of thioether (sulfide) groups is 1. The lowest BCUT2D eigenvalue weighted by atomic mass is 10.2. The van der Waals surface area contributed by atoms with Gasteiger partial charge in [-0.25, -0.2) is 9.78 Å². The van der Waals surface area contributed by atoms with E-state index in [0.717, 1.165) is 11.8 Å². The number of urea groups is 1. The molecule has 0 aliphatic rings. The molecule has 3 amide bonds. The van der Waals surface area contributed by atoms with Gasteiger partial charge in [0.05, 0.1) is 16.2 Å². The predicted molar refractivity (Wildman–Crippen MR) is 105 cm³/mol. The zero-order valence-electron chi connectivity index (χ0n) is 15.6. The highest BCUT2D eigenvalue weighted by Crippen LogP contribution is 2.22. The fourth-order valence-electron chi connectivity index (χ4n) is 2.39. The molecule has 0 unspecified atom stereocenters. The van der Waals surface area contributed by atoms with Crippen molar-refractivity contribution in [1.82, 2.24) is 20.2 Å². The molecule has 2 aromatic rings. The zero-order chi connectivity index (χ0) is 20.0. The Kier molecular flexibility index (Phi) is 7.37. The maximum absolute atomic E-state index is 12.8.